The number of rotatable bonds is 4. The summed E-state index contributed by atoms with van der Waals surface area (Å²) in [6.45, 7) is 5.98. The molecule has 1 aromatic heterocycles. The number of H-pyrrole nitrogens is 1. The van der Waals surface area contributed by atoms with E-state index < -0.39 is 11.9 Å². The first-order valence-corrected chi connectivity index (χ1v) is 8.35. The van der Waals surface area contributed by atoms with Gasteiger partial charge in [-0.05, 0) is 25.5 Å². The molecule has 0 spiro atoms. The van der Waals surface area contributed by atoms with E-state index in [-0.39, 0.29) is 12.3 Å². The summed E-state index contributed by atoms with van der Waals surface area (Å²) in [4.78, 5) is 31.6. The van der Waals surface area contributed by atoms with E-state index in [0.29, 0.717) is 19.1 Å². The lowest BCUT2D eigenvalue weighted by Crippen LogP contribution is -2.61. The van der Waals surface area contributed by atoms with Gasteiger partial charge in [-0.3, -0.25) is 14.5 Å². The smallest absolute Gasteiger partial charge is 0.241 e. The molecule has 3 rings (SSSR count). The van der Waals surface area contributed by atoms with E-state index >= 15 is 0 Å². The molecule has 0 saturated carbocycles. The summed E-state index contributed by atoms with van der Waals surface area (Å²) in [5, 5.41) is 1.04. The maximum atomic E-state index is 12.8. The number of aromatic nitrogens is 1. The first-order valence-electron chi connectivity index (χ1n) is 8.35. The van der Waals surface area contributed by atoms with Crippen LogP contribution in [0.3, 0.4) is 0 Å². The van der Waals surface area contributed by atoms with Crippen LogP contribution < -0.4 is 5.73 Å². The number of aromatic amines is 1. The highest BCUT2D eigenvalue weighted by molar-refractivity contribution is 5.91. The number of piperazine rings is 1. The molecular weight excluding hydrogens is 304 g/mol. The van der Waals surface area contributed by atoms with Crippen molar-refractivity contribution in [2.24, 2.45) is 5.73 Å². The Kier molecular flexibility index (Phi) is 4.57. The van der Waals surface area contributed by atoms with Crippen molar-refractivity contribution in [1.82, 2.24) is 14.8 Å². The Morgan fingerprint density at radius 3 is 2.75 bits per heavy atom. The maximum Gasteiger partial charge on any atom is 0.241 e. The topological polar surface area (TPSA) is 82.4 Å². The van der Waals surface area contributed by atoms with Crippen LogP contribution in [0.2, 0.25) is 0 Å². The zero-order chi connectivity index (χ0) is 17.3. The molecule has 1 aromatic carbocycles. The number of nitrogens with zero attached hydrogens (tertiary/aromatic N) is 2. The van der Waals surface area contributed by atoms with Crippen molar-refractivity contribution in [3.8, 4) is 0 Å². The zero-order valence-corrected chi connectivity index (χ0v) is 14.2. The number of benzene rings is 1. The molecule has 0 bridgehead atoms. The molecule has 1 aliphatic rings. The Morgan fingerprint density at radius 2 is 2.04 bits per heavy atom. The number of hydrogen-bond donors (Lipinski definition) is 2. The third-order valence-corrected chi connectivity index (χ3v) is 4.81. The Morgan fingerprint density at radius 1 is 1.29 bits per heavy atom. The number of nitrogens with two attached hydrogens (primary N) is 1. The van der Waals surface area contributed by atoms with E-state index in [1.807, 2.05) is 30.5 Å². The van der Waals surface area contributed by atoms with Crippen molar-refractivity contribution in [3.05, 3.63) is 36.0 Å². The minimum atomic E-state index is -0.557. The number of fused-ring (bicyclic) bond motifs is 1. The van der Waals surface area contributed by atoms with E-state index in [2.05, 4.69) is 23.7 Å². The van der Waals surface area contributed by atoms with Gasteiger partial charge in [0.25, 0.3) is 0 Å². The second kappa shape index (κ2) is 6.65. The van der Waals surface area contributed by atoms with E-state index in [9.17, 15) is 9.59 Å². The average molecular weight is 328 g/mol. The molecule has 1 aliphatic heterocycles. The van der Waals surface area contributed by atoms with Crippen molar-refractivity contribution in [3.63, 3.8) is 0 Å². The maximum absolute atomic E-state index is 12.8. The summed E-state index contributed by atoms with van der Waals surface area (Å²) in [6.07, 6.45) is 2.14. The zero-order valence-electron chi connectivity index (χ0n) is 14.2. The number of primary amides is 1. The highest BCUT2D eigenvalue weighted by Crippen LogP contribution is 2.20. The number of nitrogens with one attached hydrogen (secondary N) is 1. The summed E-state index contributed by atoms with van der Waals surface area (Å²) in [5.74, 6) is -0.486. The van der Waals surface area contributed by atoms with Crippen LogP contribution in [-0.4, -0.2) is 58.3 Å². The number of carbonyl (C=O) groups excluding carboxylic acids is 2. The van der Waals surface area contributed by atoms with Gasteiger partial charge in [-0.1, -0.05) is 18.2 Å². The van der Waals surface area contributed by atoms with Crippen LogP contribution in [0.15, 0.2) is 30.5 Å². The molecule has 1 saturated heterocycles. The van der Waals surface area contributed by atoms with E-state index in [0.717, 1.165) is 23.0 Å². The van der Waals surface area contributed by atoms with Crippen LogP contribution in [-0.2, 0) is 16.0 Å². The van der Waals surface area contributed by atoms with Crippen LogP contribution in [0.25, 0.3) is 10.9 Å². The van der Waals surface area contributed by atoms with Gasteiger partial charge >= 0.3 is 0 Å². The van der Waals surface area contributed by atoms with Crippen LogP contribution in [0, 0.1) is 0 Å². The summed E-state index contributed by atoms with van der Waals surface area (Å²) >= 11 is 0. The Labute approximate surface area is 141 Å². The number of hydrogen-bond acceptors (Lipinski definition) is 3. The number of carbonyl (C=O) groups is 2. The first-order chi connectivity index (χ1) is 11.5. The van der Waals surface area contributed by atoms with Crippen molar-refractivity contribution in [2.45, 2.75) is 32.4 Å². The van der Waals surface area contributed by atoms with Crippen LogP contribution in [0.5, 0.6) is 0 Å². The van der Waals surface area contributed by atoms with Crippen LogP contribution in [0.4, 0.5) is 0 Å². The highest BCUT2D eigenvalue weighted by Gasteiger charge is 2.34. The summed E-state index contributed by atoms with van der Waals surface area (Å²) in [7, 11) is 0. The van der Waals surface area contributed by atoms with Gasteiger partial charge in [0.2, 0.25) is 11.8 Å². The molecular formula is C18H24N4O2. The molecule has 0 radical (unpaired) electrons. The third-order valence-electron chi connectivity index (χ3n) is 4.81. The lowest BCUT2D eigenvalue weighted by atomic mass is 10.1. The Bertz CT molecular complexity index is 752. The molecule has 24 heavy (non-hydrogen) atoms. The molecule has 2 amide bonds. The number of para-hydroxylation sites is 1. The fourth-order valence-electron chi connectivity index (χ4n) is 3.36. The molecule has 2 heterocycles. The summed E-state index contributed by atoms with van der Waals surface area (Å²) in [6, 6.07) is 7.67. The SMILES string of the molecule is CC(C)N1CCN(C(=O)Cc2c[nH]c3ccccc23)C(C(N)=O)C1. The van der Waals surface area contributed by atoms with Crippen molar-refractivity contribution < 1.29 is 9.59 Å². The largest absolute Gasteiger partial charge is 0.368 e. The minimum absolute atomic E-state index is 0.0491. The fourth-order valence-corrected chi connectivity index (χ4v) is 3.36. The van der Waals surface area contributed by atoms with E-state index in [4.69, 9.17) is 5.73 Å². The second-order valence-electron chi connectivity index (χ2n) is 6.63. The Hall–Kier alpha value is -2.34. The molecule has 1 unspecified atom stereocenters. The lowest BCUT2D eigenvalue weighted by molar-refractivity contribution is -0.142. The van der Waals surface area contributed by atoms with E-state index in [1.54, 1.807) is 4.90 Å². The molecule has 0 aliphatic carbocycles. The van der Waals surface area contributed by atoms with Crippen molar-refractivity contribution in [2.75, 3.05) is 19.6 Å². The predicted octanol–water partition coefficient (Wildman–Crippen LogP) is 1.12. The monoisotopic (exact) mass is 328 g/mol. The Balaban J connectivity index is 1.77. The normalized spacial score (nSPS) is 19.1. The number of amides is 2. The van der Waals surface area contributed by atoms with Gasteiger partial charge in [0.1, 0.15) is 6.04 Å². The van der Waals surface area contributed by atoms with Gasteiger partial charge in [0, 0.05) is 42.8 Å². The molecule has 1 fully saturated rings. The minimum Gasteiger partial charge on any atom is -0.368 e. The van der Waals surface area contributed by atoms with Gasteiger partial charge in [0.05, 0.1) is 6.42 Å². The van der Waals surface area contributed by atoms with E-state index in [1.165, 1.54) is 0 Å². The van der Waals surface area contributed by atoms with Crippen molar-refractivity contribution >= 4 is 22.7 Å². The molecule has 128 valence electrons. The standard InChI is InChI=1S/C18H24N4O2/c1-12(2)21-7-8-22(16(11-21)18(19)24)17(23)9-13-10-20-15-6-4-3-5-14(13)15/h3-6,10,12,16,20H,7-9,11H2,1-2H3,(H2,19,24). The quantitative estimate of drug-likeness (QED) is 0.882. The predicted molar refractivity (Wildman–Crippen MR) is 93.4 cm³/mol. The molecule has 2 aromatic rings. The summed E-state index contributed by atoms with van der Waals surface area (Å²) < 4.78 is 0. The lowest BCUT2D eigenvalue weighted by Gasteiger charge is -2.41. The molecule has 6 heteroatoms. The van der Waals surface area contributed by atoms with Gasteiger partial charge in [-0.25, -0.2) is 0 Å². The van der Waals surface area contributed by atoms with Crippen LogP contribution in [0.1, 0.15) is 19.4 Å². The summed E-state index contributed by atoms with van der Waals surface area (Å²) in [5.41, 5.74) is 7.52. The average Bonchev–Trinajstić information content (AvgIpc) is 2.97. The van der Waals surface area contributed by atoms with Gasteiger partial charge in [-0.2, -0.15) is 0 Å². The van der Waals surface area contributed by atoms with Crippen molar-refractivity contribution in [1.29, 1.82) is 0 Å². The molecule has 3 N–H and O–H groups in total. The van der Waals surface area contributed by atoms with Gasteiger partial charge < -0.3 is 15.6 Å². The van der Waals surface area contributed by atoms with Gasteiger partial charge in [-0.15, -0.1) is 0 Å². The third kappa shape index (κ3) is 3.14. The fraction of sp³-hybridized carbons (Fsp3) is 0.444. The highest BCUT2D eigenvalue weighted by atomic mass is 16.2. The second-order valence-corrected chi connectivity index (χ2v) is 6.63. The van der Waals surface area contributed by atoms with Gasteiger partial charge in [0.15, 0.2) is 0 Å². The van der Waals surface area contributed by atoms with Crippen LogP contribution >= 0.6 is 0 Å². The molecule has 6 nitrogen and oxygen atoms in total. The first kappa shape index (κ1) is 16.5. The molecule has 1 atom stereocenters.